The Hall–Kier alpha value is -0.310. The van der Waals surface area contributed by atoms with Crippen molar-refractivity contribution in [2.24, 2.45) is 5.73 Å². The molecule has 3 N–H and O–H groups in total. The number of rotatable bonds is 8. The average molecular weight is 202 g/mol. The SMILES string of the molecule is CCCCCCCCCNC(N)=S. The van der Waals surface area contributed by atoms with Crippen molar-refractivity contribution in [3.8, 4) is 0 Å². The standard InChI is InChI=1S/C10H22N2S/c1-2-3-4-5-6-7-8-9-12-10(11)13/h2-9H2,1H3,(H3,11,12,13). The van der Waals surface area contributed by atoms with Gasteiger partial charge in [-0.25, -0.2) is 0 Å². The molecule has 0 unspecified atom stereocenters. The van der Waals surface area contributed by atoms with E-state index in [9.17, 15) is 0 Å². The zero-order chi connectivity index (χ0) is 9.94. The molecule has 0 rings (SSSR count). The van der Waals surface area contributed by atoms with Gasteiger partial charge >= 0.3 is 0 Å². The largest absolute Gasteiger partial charge is 0.376 e. The van der Waals surface area contributed by atoms with Crippen LogP contribution >= 0.6 is 12.2 Å². The van der Waals surface area contributed by atoms with E-state index >= 15 is 0 Å². The average Bonchev–Trinajstić information content (AvgIpc) is 2.09. The molecule has 78 valence electrons. The lowest BCUT2D eigenvalue weighted by Crippen LogP contribution is -2.29. The molecule has 0 atom stereocenters. The summed E-state index contributed by atoms with van der Waals surface area (Å²) in [5.74, 6) is 0. The second-order valence-corrected chi connectivity index (χ2v) is 3.85. The van der Waals surface area contributed by atoms with Crippen molar-refractivity contribution in [3.63, 3.8) is 0 Å². The highest BCUT2D eigenvalue weighted by Crippen LogP contribution is 2.05. The Morgan fingerprint density at radius 3 is 2.15 bits per heavy atom. The molecular weight excluding hydrogens is 180 g/mol. The molecule has 3 heteroatoms. The number of hydrogen-bond donors (Lipinski definition) is 2. The summed E-state index contributed by atoms with van der Waals surface area (Å²) >= 11 is 4.70. The molecule has 0 aromatic heterocycles. The maximum Gasteiger partial charge on any atom is 0.163 e. The zero-order valence-electron chi connectivity index (χ0n) is 8.64. The molecule has 0 radical (unpaired) electrons. The van der Waals surface area contributed by atoms with Gasteiger partial charge in [0.1, 0.15) is 0 Å². The third kappa shape index (κ3) is 11.7. The van der Waals surface area contributed by atoms with Crippen LogP contribution in [0.3, 0.4) is 0 Å². The Morgan fingerprint density at radius 2 is 1.62 bits per heavy atom. The van der Waals surface area contributed by atoms with Gasteiger partial charge in [0.15, 0.2) is 5.11 Å². The van der Waals surface area contributed by atoms with Crippen LogP contribution in [0.25, 0.3) is 0 Å². The van der Waals surface area contributed by atoms with E-state index in [0.29, 0.717) is 5.11 Å². The van der Waals surface area contributed by atoms with Gasteiger partial charge in [-0.2, -0.15) is 0 Å². The van der Waals surface area contributed by atoms with E-state index in [1.165, 1.54) is 44.9 Å². The normalized spacial score (nSPS) is 9.92. The van der Waals surface area contributed by atoms with Crippen LogP contribution in [0, 0.1) is 0 Å². The van der Waals surface area contributed by atoms with Gasteiger partial charge in [0.25, 0.3) is 0 Å². The van der Waals surface area contributed by atoms with Crippen molar-refractivity contribution in [1.29, 1.82) is 0 Å². The Labute approximate surface area is 87.3 Å². The van der Waals surface area contributed by atoms with E-state index in [1.54, 1.807) is 0 Å². The van der Waals surface area contributed by atoms with Crippen molar-refractivity contribution < 1.29 is 0 Å². The van der Waals surface area contributed by atoms with Gasteiger partial charge in [-0.15, -0.1) is 0 Å². The number of thiocarbonyl (C=S) groups is 1. The van der Waals surface area contributed by atoms with Crippen molar-refractivity contribution >= 4 is 17.3 Å². The zero-order valence-corrected chi connectivity index (χ0v) is 9.46. The molecule has 0 aromatic carbocycles. The van der Waals surface area contributed by atoms with Gasteiger partial charge < -0.3 is 11.1 Å². The van der Waals surface area contributed by atoms with Crippen molar-refractivity contribution in [3.05, 3.63) is 0 Å². The number of nitrogens with one attached hydrogen (secondary N) is 1. The van der Waals surface area contributed by atoms with Gasteiger partial charge in [-0.05, 0) is 18.6 Å². The van der Waals surface area contributed by atoms with Gasteiger partial charge in [0, 0.05) is 6.54 Å². The minimum Gasteiger partial charge on any atom is -0.376 e. The Morgan fingerprint density at radius 1 is 1.08 bits per heavy atom. The first-order valence-corrected chi connectivity index (χ1v) is 5.71. The molecule has 13 heavy (non-hydrogen) atoms. The summed E-state index contributed by atoms with van der Waals surface area (Å²) in [6.07, 6.45) is 9.29. The second kappa shape index (κ2) is 9.78. The molecule has 0 saturated carbocycles. The molecule has 0 aromatic rings. The predicted octanol–water partition coefficient (Wildman–Crippen LogP) is 2.57. The molecule has 0 saturated heterocycles. The van der Waals surface area contributed by atoms with Crippen LogP contribution < -0.4 is 11.1 Å². The monoisotopic (exact) mass is 202 g/mol. The molecule has 0 spiro atoms. The molecule has 0 aliphatic carbocycles. The number of hydrogen-bond acceptors (Lipinski definition) is 1. The molecule has 2 nitrogen and oxygen atoms in total. The second-order valence-electron chi connectivity index (χ2n) is 3.41. The quantitative estimate of drug-likeness (QED) is 0.469. The van der Waals surface area contributed by atoms with E-state index in [0.717, 1.165) is 6.54 Å². The highest BCUT2D eigenvalue weighted by molar-refractivity contribution is 7.80. The molecule has 0 heterocycles. The number of nitrogens with two attached hydrogens (primary N) is 1. The molecule has 0 bridgehead atoms. The van der Waals surface area contributed by atoms with E-state index < -0.39 is 0 Å². The molecule has 0 aliphatic heterocycles. The first-order valence-electron chi connectivity index (χ1n) is 5.30. The van der Waals surface area contributed by atoms with Gasteiger partial charge in [-0.1, -0.05) is 45.4 Å². The summed E-state index contributed by atoms with van der Waals surface area (Å²) < 4.78 is 0. The van der Waals surface area contributed by atoms with Gasteiger partial charge in [-0.3, -0.25) is 0 Å². The van der Waals surface area contributed by atoms with E-state index in [-0.39, 0.29) is 0 Å². The molecule has 0 fully saturated rings. The Kier molecular flexibility index (Phi) is 9.54. The first kappa shape index (κ1) is 12.7. The molecular formula is C10H22N2S. The lowest BCUT2D eigenvalue weighted by Gasteiger charge is -2.03. The Bertz CT molecular complexity index is 126. The van der Waals surface area contributed by atoms with Crippen LogP contribution in [0.4, 0.5) is 0 Å². The van der Waals surface area contributed by atoms with E-state index in [1.807, 2.05) is 0 Å². The maximum absolute atomic E-state index is 5.29. The van der Waals surface area contributed by atoms with Crippen molar-refractivity contribution in [1.82, 2.24) is 5.32 Å². The van der Waals surface area contributed by atoms with Gasteiger partial charge in [0.2, 0.25) is 0 Å². The van der Waals surface area contributed by atoms with Crippen LogP contribution in [-0.2, 0) is 0 Å². The van der Waals surface area contributed by atoms with Crippen molar-refractivity contribution in [2.45, 2.75) is 51.9 Å². The minimum absolute atomic E-state index is 0.422. The third-order valence-electron chi connectivity index (χ3n) is 2.08. The summed E-state index contributed by atoms with van der Waals surface area (Å²) in [4.78, 5) is 0. The first-order chi connectivity index (χ1) is 6.27. The predicted molar refractivity (Wildman–Crippen MR) is 62.8 cm³/mol. The van der Waals surface area contributed by atoms with Crippen LogP contribution in [-0.4, -0.2) is 11.7 Å². The van der Waals surface area contributed by atoms with Gasteiger partial charge in [0.05, 0.1) is 0 Å². The fourth-order valence-corrected chi connectivity index (χ4v) is 1.40. The fourth-order valence-electron chi connectivity index (χ4n) is 1.29. The van der Waals surface area contributed by atoms with Crippen LogP contribution in [0.1, 0.15) is 51.9 Å². The fraction of sp³-hybridized carbons (Fsp3) is 0.900. The topological polar surface area (TPSA) is 38.0 Å². The van der Waals surface area contributed by atoms with E-state index in [2.05, 4.69) is 12.2 Å². The summed E-state index contributed by atoms with van der Waals surface area (Å²) in [6, 6.07) is 0. The van der Waals surface area contributed by atoms with Crippen LogP contribution in [0.15, 0.2) is 0 Å². The van der Waals surface area contributed by atoms with Crippen LogP contribution in [0.2, 0.25) is 0 Å². The highest BCUT2D eigenvalue weighted by atomic mass is 32.1. The minimum atomic E-state index is 0.422. The lowest BCUT2D eigenvalue weighted by molar-refractivity contribution is 0.586. The lowest BCUT2D eigenvalue weighted by atomic mass is 10.1. The van der Waals surface area contributed by atoms with Crippen LogP contribution in [0.5, 0.6) is 0 Å². The third-order valence-corrected chi connectivity index (χ3v) is 2.22. The Balaban J connectivity index is 2.87. The molecule has 0 amide bonds. The highest BCUT2D eigenvalue weighted by Gasteiger charge is 1.90. The summed E-state index contributed by atoms with van der Waals surface area (Å²) in [5, 5.41) is 3.38. The summed E-state index contributed by atoms with van der Waals surface area (Å²) in [5.41, 5.74) is 5.29. The maximum atomic E-state index is 5.29. The van der Waals surface area contributed by atoms with Crippen molar-refractivity contribution in [2.75, 3.05) is 6.54 Å². The van der Waals surface area contributed by atoms with E-state index in [4.69, 9.17) is 18.0 Å². The molecule has 0 aliphatic rings. The number of unbranched alkanes of at least 4 members (excludes halogenated alkanes) is 6. The summed E-state index contributed by atoms with van der Waals surface area (Å²) in [6.45, 7) is 3.18. The smallest absolute Gasteiger partial charge is 0.163 e. The summed E-state index contributed by atoms with van der Waals surface area (Å²) in [7, 11) is 0.